The first-order valence-corrected chi connectivity index (χ1v) is 3.03. The van der Waals surface area contributed by atoms with Crippen LogP contribution < -0.4 is 5.32 Å². The van der Waals surface area contributed by atoms with E-state index in [1.807, 2.05) is 0 Å². The molecule has 0 saturated carbocycles. The van der Waals surface area contributed by atoms with E-state index in [0.717, 1.165) is 12.8 Å². The lowest BCUT2D eigenvalue weighted by molar-refractivity contribution is -0.134. The zero-order valence-electron chi connectivity index (χ0n) is 5.85. The fourth-order valence-electron chi connectivity index (χ4n) is 0.433. The van der Waals surface area contributed by atoms with E-state index < -0.39 is 5.97 Å². The van der Waals surface area contributed by atoms with E-state index in [4.69, 9.17) is 9.90 Å². The van der Waals surface area contributed by atoms with Crippen LogP contribution in [-0.2, 0) is 4.79 Å². The number of hydrogen-bond donors (Lipinski definition) is 2. The van der Waals surface area contributed by atoms with Crippen molar-refractivity contribution in [2.45, 2.75) is 13.8 Å². The SMILES string of the molecule is CC(=O)O.CC1CNC1. The van der Waals surface area contributed by atoms with E-state index in [1.54, 1.807) is 0 Å². The number of carbonyl (C=O) groups is 1. The van der Waals surface area contributed by atoms with Gasteiger partial charge in [0.1, 0.15) is 0 Å². The molecule has 1 fully saturated rings. The fourth-order valence-corrected chi connectivity index (χ4v) is 0.433. The van der Waals surface area contributed by atoms with Gasteiger partial charge in [-0.2, -0.15) is 0 Å². The highest BCUT2D eigenvalue weighted by Gasteiger charge is 2.07. The third kappa shape index (κ3) is 7.43. The first-order chi connectivity index (χ1) is 4.13. The molecule has 0 aromatic rings. The van der Waals surface area contributed by atoms with Gasteiger partial charge in [-0.05, 0) is 19.0 Å². The van der Waals surface area contributed by atoms with E-state index in [9.17, 15) is 0 Å². The van der Waals surface area contributed by atoms with Crippen LogP contribution in [0.2, 0.25) is 0 Å². The van der Waals surface area contributed by atoms with Crippen LogP contribution in [0.15, 0.2) is 0 Å². The highest BCUT2D eigenvalue weighted by molar-refractivity contribution is 5.62. The molecule has 9 heavy (non-hydrogen) atoms. The molecule has 0 amide bonds. The quantitative estimate of drug-likeness (QED) is 0.497. The summed E-state index contributed by atoms with van der Waals surface area (Å²) in [5, 5.41) is 10.6. The molecule has 3 nitrogen and oxygen atoms in total. The summed E-state index contributed by atoms with van der Waals surface area (Å²) in [4.78, 5) is 9.00. The van der Waals surface area contributed by atoms with Crippen LogP contribution in [0.25, 0.3) is 0 Å². The predicted octanol–water partition coefficient (Wildman–Crippen LogP) is 0.317. The average molecular weight is 131 g/mol. The van der Waals surface area contributed by atoms with E-state index in [1.165, 1.54) is 13.1 Å². The van der Waals surface area contributed by atoms with Crippen LogP contribution in [0.4, 0.5) is 0 Å². The molecule has 0 spiro atoms. The Hall–Kier alpha value is -0.570. The standard InChI is InChI=1S/C4H9N.C2H4O2/c1-4-2-5-3-4;1-2(3)4/h4-5H,2-3H2,1H3;1H3,(H,3,4). The number of hydrogen-bond acceptors (Lipinski definition) is 2. The second-order valence-electron chi connectivity index (χ2n) is 2.28. The lowest BCUT2D eigenvalue weighted by atomic mass is 10.1. The predicted molar refractivity (Wildman–Crippen MR) is 35.3 cm³/mol. The van der Waals surface area contributed by atoms with Crippen molar-refractivity contribution in [3.05, 3.63) is 0 Å². The summed E-state index contributed by atoms with van der Waals surface area (Å²) in [5.74, 6) is 0.120. The molecule has 0 unspecified atom stereocenters. The molecule has 1 saturated heterocycles. The highest BCUT2D eigenvalue weighted by atomic mass is 16.4. The Labute approximate surface area is 55.1 Å². The molecule has 54 valence electrons. The van der Waals surface area contributed by atoms with Crippen LogP contribution in [-0.4, -0.2) is 24.2 Å². The van der Waals surface area contributed by atoms with Crippen molar-refractivity contribution in [3.63, 3.8) is 0 Å². The molecule has 1 rings (SSSR count). The van der Waals surface area contributed by atoms with Gasteiger partial charge in [0, 0.05) is 6.92 Å². The molecule has 0 aromatic heterocycles. The molecule has 0 atom stereocenters. The Morgan fingerprint density at radius 1 is 1.67 bits per heavy atom. The van der Waals surface area contributed by atoms with Crippen molar-refractivity contribution in [2.24, 2.45) is 5.92 Å². The van der Waals surface area contributed by atoms with Gasteiger partial charge < -0.3 is 10.4 Å². The molecule has 1 aliphatic heterocycles. The normalized spacial score (nSPS) is 17.1. The van der Waals surface area contributed by atoms with E-state index >= 15 is 0 Å². The molecule has 0 aromatic carbocycles. The van der Waals surface area contributed by atoms with Crippen LogP contribution in [0, 0.1) is 5.92 Å². The van der Waals surface area contributed by atoms with Crippen molar-refractivity contribution < 1.29 is 9.90 Å². The third-order valence-electron chi connectivity index (χ3n) is 0.986. The van der Waals surface area contributed by atoms with Crippen LogP contribution in [0.3, 0.4) is 0 Å². The molecule has 2 N–H and O–H groups in total. The Bertz CT molecular complexity index is 85.1. The van der Waals surface area contributed by atoms with Crippen LogP contribution >= 0.6 is 0 Å². The minimum atomic E-state index is -0.833. The van der Waals surface area contributed by atoms with Crippen LogP contribution in [0.1, 0.15) is 13.8 Å². The maximum Gasteiger partial charge on any atom is 0.300 e. The molecule has 1 heterocycles. The molecular weight excluding hydrogens is 118 g/mol. The number of carboxylic acid groups (broad SMARTS) is 1. The lowest BCUT2D eigenvalue weighted by Crippen LogP contribution is -2.39. The lowest BCUT2D eigenvalue weighted by Gasteiger charge is -2.21. The summed E-state index contributed by atoms with van der Waals surface area (Å²) in [7, 11) is 0. The van der Waals surface area contributed by atoms with Gasteiger partial charge in [0.2, 0.25) is 0 Å². The first-order valence-electron chi connectivity index (χ1n) is 3.03. The van der Waals surface area contributed by atoms with E-state index in [-0.39, 0.29) is 0 Å². The van der Waals surface area contributed by atoms with Gasteiger partial charge in [0.15, 0.2) is 0 Å². The summed E-state index contributed by atoms with van der Waals surface area (Å²) in [6.07, 6.45) is 0. The van der Waals surface area contributed by atoms with Gasteiger partial charge in [0.05, 0.1) is 0 Å². The average Bonchev–Trinajstić information content (AvgIpc) is 1.59. The van der Waals surface area contributed by atoms with E-state index in [0.29, 0.717) is 0 Å². The zero-order valence-corrected chi connectivity index (χ0v) is 5.85. The van der Waals surface area contributed by atoms with Gasteiger partial charge >= 0.3 is 0 Å². The second kappa shape index (κ2) is 4.32. The molecule has 0 bridgehead atoms. The Morgan fingerprint density at radius 3 is 1.89 bits per heavy atom. The zero-order chi connectivity index (χ0) is 7.28. The Morgan fingerprint density at radius 2 is 1.89 bits per heavy atom. The molecule has 3 heteroatoms. The van der Waals surface area contributed by atoms with Gasteiger partial charge in [-0.25, -0.2) is 0 Å². The third-order valence-corrected chi connectivity index (χ3v) is 0.986. The van der Waals surface area contributed by atoms with Crippen LogP contribution in [0.5, 0.6) is 0 Å². The summed E-state index contributed by atoms with van der Waals surface area (Å²) < 4.78 is 0. The molecule has 0 radical (unpaired) electrons. The highest BCUT2D eigenvalue weighted by Crippen LogP contribution is 1.96. The Balaban J connectivity index is 0.000000148. The maximum atomic E-state index is 9.00. The first kappa shape index (κ1) is 8.43. The number of rotatable bonds is 0. The van der Waals surface area contributed by atoms with Gasteiger partial charge in [-0.3, -0.25) is 4.79 Å². The monoisotopic (exact) mass is 131 g/mol. The summed E-state index contributed by atoms with van der Waals surface area (Å²) in [6, 6.07) is 0. The molecular formula is C6H13NO2. The smallest absolute Gasteiger partial charge is 0.300 e. The number of carboxylic acids is 1. The number of nitrogens with one attached hydrogen (secondary N) is 1. The minimum Gasteiger partial charge on any atom is -0.481 e. The van der Waals surface area contributed by atoms with Crippen molar-refractivity contribution in [2.75, 3.05) is 13.1 Å². The summed E-state index contributed by atoms with van der Waals surface area (Å²) in [5.41, 5.74) is 0. The molecule has 1 aliphatic rings. The maximum absolute atomic E-state index is 9.00. The number of aliphatic carboxylic acids is 1. The summed E-state index contributed by atoms with van der Waals surface area (Å²) >= 11 is 0. The van der Waals surface area contributed by atoms with Crippen molar-refractivity contribution >= 4 is 5.97 Å². The van der Waals surface area contributed by atoms with Gasteiger partial charge in [-0.1, -0.05) is 6.92 Å². The summed E-state index contributed by atoms with van der Waals surface area (Å²) in [6.45, 7) is 5.80. The largest absolute Gasteiger partial charge is 0.481 e. The fraction of sp³-hybridized carbons (Fsp3) is 0.833. The van der Waals surface area contributed by atoms with Crippen molar-refractivity contribution in [3.8, 4) is 0 Å². The van der Waals surface area contributed by atoms with Gasteiger partial charge in [0.25, 0.3) is 5.97 Å². The topological polar surface area (TPSA) is 49.3 Å². The van der Waals surface area contributed by atoms with E-state index in [2.05, 4.69) is 12.2 Å². The minimum absolute atomic E-state index is 0.833. The molecule has 0 aliphatic carbocycles. The Kier molecular flexibility index (Phi) is 4.05. The van der Waals surface area contributed by atoms with Gasteiger partial charge in [-0.15, -0.1) is 0 Å². The van der Waals surface area contributed by atoms with Crippen molar-refractivity contribution in [1.29, 1.82) is 0 Å². The second-order valence-corrected chi connectivity index (χ2v) is 2.28. The van der Waals surface area contributed by atoms with Crippen molar-refractivity contribution in [1.82, 2.24) is 5.32 Å².